The van der Waals surface area contributed by atoms with E-state index in [1.54, 1.807) is 24.3 Å². The van der Waals surface area contributed by atoms with E-state index in [0.29, 0.717) is 16.6 Å². The van der Waals surface area contributed by atoms with Crippen LogP contribution in [0.25, 0.3) is 0 Å². The third kappa shape index (κ3) is 7.32. The number of carbonyl (C=O) groups is 2. The SMILES string of the molecule is CCC(C(=O)NC1CCCCC1)N(Cc1ccccc1C)C(=O)CN(c1ccccc1Br)S(C)(=O)=O. The average molecular weight is 579 g/mol. The van der Waals surface area contributed by atoms with Crippen LogP contribution in [-0.2, 0) is 26.2 Å². The summed E-state index contributed by atoms with van der Waals surface area (Å²) < 4.78 is 27.2. The van der Waals surface area contributed by atoms with Gasteiger partial charge in [-0.25, -0.2) is 8.42 Å². The van der Waals surface area contributed by atoms with Crippen molar-refractivity contribution < 1.29 is 18.0 Å². The maximum atomic E-state index is 13.8. The molecular formula is C27H36BrN3O4S. The van der Waals surface area contributed by atoms with Crippen LogP contribution >= 0.6 is 15.9 Å². The number of benzene rings is 2. The summed E-state index contributed by atoms with van der Waals surface area (Å²) in [7, 11) is -3.77. The van der Waals surface area contributed by atoms with Crippen LogP contribution in [0.1, 0.15) is 56.6 Å². The number of rotatable bonds is 10. The molecule has 0 bridgehead atoms. The van der Waals surface area contributed by atoms with Gasteiger partial charge in [0.25, 0.3) is 0 Å². The van der Waals surface area contributed by atoms with Gasteiger partial charge in [0.1, 0.15) is 12.6 Å². The number of carbonyl (C=O) groups excluding carboxylic acids is 2. The van der Waals surface area contributed by atoms with Crippen LogP contribution in [0.2, 0.25) is 0 Å². The maximum absolute atomic E-state index is 13.8. The van der Waals surface area contributed by atoms with Gasteiger partial charge in [0.15, 0.2) is 0 Å². The normalized spacial score (nSPS) is 15.2. The molecular weight excluding hydrogens is 542 g/mol. The third-order valence-electron chi connectivity index (χ3n) is 6.74. The molecule has 1 saturated carbocycles. The molecule has 1 aliphatic rings. The fourth-order valence-corrected chi connectivity index (χ4v) is 6.16. The van der Waals surface area contributed by atoms with Crippen LogP contribution in [-0.4, -0.2) is 50.0 Å². The number of sulfonamides is 1. The maximum Gasteiger partial charge on any atom is 0.244 e. The van der Waals surface area contributed by atoms with Crippen molar-refractivity contribution in [1.29, 1.82) is 0 Å². The van der Waals surface area contributed by atoms with E-state index in [4.69, 9.17) is 0 Å². The van der Waals surface area contributed by atoms with Gasteiger partial charge >= 0.3 is 0 Å². The quantitative estimate of drug-likeness (QED) is 0.440. The molecule has 2 aromatic rings. The Labute approximate surface area is 223 Å². The van der Waals surface area contributed by atoms with Gasteiger partial charge < -0.3 is 10.2 Å². The Morgan fingerprint density at radius 3 is 2.31 bits per heavy atom. The van der Waals surface area contributed by atoms with Gasteiger partial charge in [-0.1, -0.05) is 62.6 Å². The van der Waals surface area contributed by atoms with E-state index in [2.05, 4.69) is 21.2 Å². The predicted octanol–water partition coefficient (Wildman–Crippen LogP) is 4.78. The first-order valence-corrected chi connectivity index (χ1v) is 15.1. The minimum absolute atomic E-state index is 0.114. The van der Waals surface area contributed by atoms with Crippen LogP contribution in [0.5, 0.6) is 0 Å². The molecule has 1 aliphatic carbocycles. The fraction of sp³-hybridized carbons (Fsp3) is 0.481. The highest BCUT2D eigenvalue weighted by molar-refractivity contribution is 9.10. The van der Waals surface area contributed by atoms with E-state index in [0.717, 1.165) is 47.4 Å². The molecule has 0 heterocycles. The molecule has 2 amide bonds. The highest BCUT2D eigenvalue weighted by Gasteiger charge is 2.33. The molecule has 1 fully saturated rings. The standard InChI is InChI=1S/C27H36BrN3O4S/c1-4-24(27(33)29-22-14-6-5-7-15-22)30(18-21-13-9-8-12-20(21)2)26(32)19-31(36(3,34)35)25-17-11-10-16-23(25)28/h8-13,16-17,22,24H,4-7,14-15,18-19H2,1-3H3,(H,29,33). The Hall–Kier alpha value is -2.39. The minimum atomic E-state index is -3.77. The Balaban J connectivity index is 1.93. The first-order chi connectivity index (χ1) is 17.1. The lowest BCUT2D eigenvalue weighted by Crippen LogP contribution is -2.54. The lowest BCUT2D eigenvalue weighted by Gasteiger charge is -2.34. The Morgan fingerprint density at radius 1 is 1.06 bits per heavy atom. The fourth-order valence-electron chi connectivity index (χ4n) is 4.68. The molecule has 0 spiro atoms. The summed E-state index contributed by atoms with van der Waals surface area (Å²) >= 11 is 3.41. The van der Waals surface area contributed by atoms with Crippen molar-refractivity contribution in [3.8, 4) is 0 Å². The van der Waals surface area contributed by atoms with Crippen molar-refractivity contribution in [3.05, 3.63) is 64.1 Å². The van der Waals surface area contributed by atoms with Gasteiger partial charge in [-0.15, -0.1) is 0 Å². The molecule has 3 rings (SSSR count). The topological polar surface area (TPSA) is 86.8 Å². The van der Waals surface area contributed by atoms with Crippen molar-refractivity contribution in [3.63, 3.8) is 0 Å². The van der Waals surface area contributed by atoms with Gasteiger partial charge in [-0.2, -0.15) is 0 Å². The number of hydrogen-bond donors (Lipinski definition) is 1. The van der Waals surface area contributed by atoms with Gasteiger partial charge in [0, 0.05) is 17.1 Å². The van der Waals surface area contributed by atoms with E-state index in [1.165, 1.54) is 11.3 Å². The number of nitrogens with one attached hydrogen (secondary N) is 1. The molecule has 196 valence electrons. The van der Waals surface area contributed by atoms with Gasteiger partial charge in [-0.05, 0) is 65.4 Å². The molecule has 0 radical (unpaired) electrons. The second kappa shape index (κ2) is 12.7. The Kier molecular flexibility index (Phi) is 9.96. The minimum Gasteiger partial charge on any atom is -0.352 e. The third-order valence-corrected chi connectivity index (χ3v) is 8.54. The molecule has 36 heavy (non-hydrogen) atoms. The van der Waals surface area contributed by atoms with Crippen LogP contribution in [0.3, 0.4) is 0 Å². The number of aryl methyl sites for hydroxylation is 1. The Bertz CT molecular complexity index is 1170. The number of halogens is 1. The molecule has 1 unspecified atom stereocenters. The zero-order valence-corrected chi connectivity index (χ0v) is 23.6. The summed E-state index contributed by atoms with van der Waals surface area (Å²) in [6.07, 6.45) is 6.74. The zero-order chi connectivity index (χ0) is 26.3. The van der Waals surface area contributed by atoms with Crippen LogP contribution in [0.4, 0.5) is 5.69 Å². The van der Waals surface area contributed by atoms with E-state index in [1.807, 2.05) is 38.1 Å². The summed E-state index contributed by atoms with van der Waals surface area (Å²) in [5, 5.41) is 3.16. The second-order valence-corrected chi connectivity index (χ2v) is 12.2. The number of para-hydroxylation sites is 1. The summed E-state index contributed by atoms with van der Waals surface area (Å²) in [5.74, 6) is -0.608. The first-order valence-electron chi connectivity index (χ1n) is 12.5. The highest BCUT2D eigenvalue weighted by Crippen LogP contribution is 2.28. The van der Waals surface area contributed by atoms with E-state index in [9.17, 15) is 18.0 Å². The molecule has 0 aromatic heterocycles. The lowest BCUT2D eigenvalue weighted by molar-refractivity contribution is -0.140. The molecule has 7 nitrogen and oxygen atoms in total. The summed E-state index contributed by atoms with van der Waals surface area (Å²) in [6.45, 7) is 3.66. The van der Waals surface area contributed by atoms with E-state index in [-0.39, 0.29) is 18.5 Å². The number of amides is 2. The summed E-state index contributed by atoms with van der Waals surface area (Å²) in [4.78, 5) is 28.8. The monoisotopic (exact) mass is 577 g/mol. The van der Waals surface area contributed by atoms with Crippen molar-refractivity contribution in [2.24, 2.45) is 0 Å². The largest absolute Gasteiger partial charge is 0.352 e. The van der Waals surface area contributed by atoms with E-state index >= 15 is 0 Å². The second-order valence-electron chi connectivity index (χ2n) is 9.44. The smallest absolute Gasteiger partial charge is 0.244 e. The Morgan fingerprint density at radius 2 is 1.69 bits per heavy atom. The van der Waals surface area contributed by atoms with Gasteiger partial charge in [0.05, 0.1) is 11.9 Å². The van der Waals surface area contributed by atoms with Gasteiger partial charge in [-0.3, -0.25) is 13.9 Å². The average Bonchev–Trinajstić information content (AvgIpc) is 2.84. The van der Waals surface area contributed by atoms with Crippen molar-refractivity contribution in [2.45, 2.75) is 71.0 Å². The number of anilines is 1. The molecule has 0 saturated heterocycles. The molecule has 2 aromatic carbocycles. The molecule has 9 heteroatoms. The van der Waals surface area contributed by atoms with Crippen molar-refractivity contribution in [2.75, 3.05) is 17.1 Å². The van der Waals surface area contributed by atoms with Crippen LogP contribution in [0, 0.1) is 6.92 Å². The zero-order valence-electron chi connectivity index (χ0n) is 21.2. The van der Waals surface area contributed by atoms with Crippen LogP contribution < -0.4 is 9.62 Å². The first kappa shape index (κ1) is 28.2. The molecule has 1 N–H and O–H groups in total. The number of nitrogens with zero attached hydrogens (tertiary/aromatic N) is 2. The van der Waals surface area contributed by atoms with Crippen molar-refractivity contribution in [1.82, 2.24) is 10.2 Å². The van der Waals surface area contributed by atoms with Gasteiger partial charge in [0.2, 0.25) is 21.8 Å². The van der Waals surface area contributed by atoms with Crippen LogP contribution in [0.15, 0.2) is 53.0 Å². The highest BCUT2D eigenvalue weighted by atomic mass is 79.9. The number of hydrogen-bond acceptors (Lipinski definition) is 4. The van der Waals surface area contributed by atoms with Crippen molar-refractivity contribution >= 4 is 43.5 Å². The summed E-state index contributed by atoms with van der Waals surface area (Å²) in [5.41, 5.74) is 2.30. The molecule has 1 atom stereocenters. The molecule has 0 aliphatic heterocycles. The lowest BCUT2D eigenvalue weighted by atomic mass is 9.95. The van der Waals surface area contributed by atoms with E-state index < -0.39 is 28.5 Å². The summed E-state index contributed by atoms with van der Waals surface area (Å²) in [6, 6.07) is 14.0. The predicted molar refractivity (Wildman–Crippen MR) is 147 cm³/mol.